The van der Waals surface area contributed by atoms with Crippen molar-refractivity contribution in [1.29, 1.82) is 0 Å². The highest BCUT2D eigenvalue weighted by Crippen LogP contribution is 2.09. The lowest BCUT2D eigenvalue weighted by molar-refractivity contribution is 0.0516. The van der Waals surface area contributed by atoms with Crippen LogP contribution in [-0.2, 0) is 4.84 Å². The minimum atomic E-state index is -0.470. The molecule has 0 saturated heterocycles. The van der Waals surface area contributed by atoms with Crippen LogP contribution in [0.1, 0.15) is 22.3 Å². The third kappa shape index (κ3) is 3.36. The van der Waals surface area contributed by atoms with Crippen LogP contribution in [0.3, 0.4) is 0 Å². The number of carbonyl (C=O) groups is 1. The summed E-state index contributed by atoms with van der Waals surface area (Å²) in [4.78, 5) is 20.6. The summed E-state index contributed by atoms with van der Waals surface area (Å²) in [6.45, 7) is 1.75. The second-order valence-electron chi connectivity index (χ2n) is 3.40. The zero-order chi connectivity index (χ0) is 13.0. The zero-order valence-corrected chi connectivity index (χ0v) is 12.4. The molecular formula is C12H9IN2O2S. The summed E-state index contributed by atoms with van der Waals surface area (Å²) in [7, 11) is 0. The third-order valence-electron chi connectivity index (χ3n) is 2.09. The largest absolute Gasteiger partial charge is 0.365 e. The molecule has 2 aromatic rings. The first-order valence-electron chi connectivity index (χ1n) is 5.08. The minimum Gasteiger partial charge on any atom is -0.312 e. The molecule has 2 rings (SSSR count). The molecule has 0 aliphatic heterocycles. The molecule has 0 N–H and O–H groups in total. The van der Waals surface area contributed by atoms with Crippen LogP contribution in [0.25, 0.3) is 0 Å². The number of rotatable bonds is 3. The molecular weight excluding hydrogens is 363 g/mol. The predicted octanol–water partition coefficient (Wildman–Crippen LogP) is 3.33. The molecule has 1 heterocycles. The van der Waals surface area contributed by atoms with Crippen LogP contribution >= 0.6 is 33.9 Å². The summed E-state index contributed by atoms with van der Waals surface area (Å²) in [5, 5.41) is 6.36. The zero-order valence-electron chi connectivity index (χ0n) is 9.46. The number of benzene rings is 1. The number of aromatic nitrogens is 1. The van der Waals surface area contributed by atoms with Gasteiger partial charge in [-0.1, -0.05) is 5.16 Å². The van der Waals surface area contributed by atoms with E-state index < -0.39 is 5.97 Å². The van der Waals surface area contributed by atoms with E-state index in [9.17, 15) is 4.79 Å². The molecule has 0 aliphatic carbocycles. The fourth-order valence-corrected chi connectivity index (χ4v) is 2.13. The molecule has 0 saturated carbocycles. The molecule has 1 aromatic heterocycles. The first kappa shape index (κ1) is 13.2. The molecule has 0 bridgehead atoms. The molecule has 0 spiro atoms. The molecule has 6 heteroatoms. The number of nitrogens with zero attached hydrogens (tertiary/aromatic N) is 2. The lowest BCUT2D eigenvalue weighted by Crippen LogP contribution is -2.03. The van der Waals surface area contributed by atoms with Crippen LogP contribution in [0.2, 0.25) is 0 Å². The maximum Gasteiger partial charge on any atom is 0.365 e. The summed E-state index contributed by atoms with van der Waals surface area (Å²) in [5.74, 6) is -0.470. The first-order chi connectivity index (χ1) is 8.66. The summed E-state index contributed by atoms with van der Waals surface area (Å²) in [6.07, 6.45) is 1.68. The Kier molecular flexibility index (Phi) is 4.43. The normalized spacial score (nSPS) is 11.3. The third-order valence-corrected chi connectivity index (χ3v) is 3.69. The molecule has 0 atom stereocenters. The maximum absolute atomic E-state index is 11.7. The molecule has 0 unspecified atom stereocenters. The fourth-order valence-electron chi connectivity index (χ4n) is 1.19. The SMILES string of the molecule is C/C(=N\OC(=O)c1ccc(I)cc1)c1nccs1. The van der Waals surface area contributed by atoms with Crippen molar-refractivity contribution in [1.82, 2.24) is 4.98 Å². The van der Waals surface area contributed by atoms with Gasteiger partial charge in [0.2, 0.25) is 0 Å². The smallest absolute Gasteiger partial charge is 0.312 e. The Balaban J connectivity index is 2.04. The Labute approximate surface area is 122 Å². The van der Waals surface area contributed by atoms with E-state index in [1.807, 2.05) is 17.5 Å². The highest BCUT2D eigenvalue weighted by Gasteiger charge is 2.08. The number of oxime groups is 1. The Morgan fingerprint density at radius 1 is 1.39 bits per heavy atom. The van der Waals surface area contributed by atoms with Gasteiger partial charge < -0.3 is 4.84 Å². The Hall–Kier alpha value is -1.28. The van der Waals surface area contributed by atoms with E-state index >= 15 is 0 Å². The highest BCUT2D eigenvalue weighted by atomic mass is 127. The van der Waals surface area contributed by atoms with E-state index in [4.69, 9.17) is 4.84 Å². The van der Waals surface area contributed by atoms with Crippen molar-refractivity contribution in [3.05, 3.63) is 50.0 Å². The number of carbonyl (C=O) groups excluding carboxylic acids is 1. The molecule has 0 fully saturated rings. The van der Waals surface area contributed by atoms with Crippen LogP contribution < -0.4 is 0 Å². The summed E-state index contributed by atoms with van der Waals surface area (Å²) >= 11 is 3.62. The first-order valence-corrected chi connectivity index (χ1v) is 7.04. The molecule has 92 valence electrons. The predicted molar refractivity (Wildman–Crippen MR) is 78.9 cm³/mol. The van der Waals surface area contributed by atoms with Crippen LogP contribution in [0.5, 0.6) is 0 Å². The Morgan fingerprint density at radius 3 is 2.72 bits per heavy atom. The van der Waals surface area contributed by atoms with E-state index in [-0.39, 0.29) is 0 Å². The van der Waals surface area contributed by atoms with Gasteiger partial charge in [-0.05, 0) is 53.8 Å². The molecule has 0 aliphatic rings. The molecule has 1 aromatic carbocycles. The summed E-state index contributed by atoms with van der Waals surface area (Å²) < 4.78 is 1.06. The van der Waals surface area contributed by atoms with E-state index in [1.54, 1.807) is 25.3 Å². The Bertz CT molecular complexity index is 564. The van der Waals surface area contributed by atoms with Crippen LogP contribution in [0, 0.1) is 3.57 Å². The fraction of sp³-hybridized carbons (Fsp3) is 0.0833. The van der Waals surface area contributed by atoms with Crippen LogP contribution in [0.4, 0.5) is 0 Å². The lowest BCUT2D eigenvalue weighted by Gasteiger charge is -1.99. The van der Waals surface area contributed by atoms with Gasteiger partial charge in [0.25, 0.3) is 0 Å². The van der Waals surface area contributed by atoms with Gasteiger partial charge in [-0.3, -0.25) is 0 Å². The van der Waals surface area contributed by atoms with Crippen molar-refractivity contribution in [3.63, 3.8) is 0 Å². The highest BCUT2D eigenvalue weighted by molar-refractivity contribution is 14.1. The van der Waals surface area contributed by atoms with E-state index in [0.29, 0.717) is 11.3 Å². The van der Waals surface area contributed by atoms with Gasteiger partial charge in [-0.15, -0.1) is 11.3 Å². The molecule has 4 nitrogen and oxygen atoms in total. The number of hydrogen-bond acceptors (Lipinski definition) is 5. The van der Waals surface area contributed by atoms with Crippen molar-refractivity contribution >= 4 is 45.6 Å². The van der Waals surface area contributed by atoms with Crippen molar-refractivity contribution in [2.45, 2.75) is 6.92 Å². The quantitative estimate of drug-likeness (QED) is 0.360. The van der Waals surface area contributed by atoms with Gasteiger partial charge in [0.05, 0.1) is 5.56 Å². The van der Waals surface area contributed by atoms with Gasteiger partial charge in [0.1, 0.15) is 10.7 Å². The second-order valence-corrected chi connectivity index (χ2v) is 5.54. The average molecular weight is 372 g/mol. The van der Waals surface area contributed by atoms with Crippen LogP contribution in [-0.4, -0.2) is 16.7 Å². The standard InChI is InChI=1S/C12H9IN2O2S/c1-8(11-14-6-7-18-11)15-17-12(16)9-2-4-10(13)5-3-9/h2-7H,1H3/b15-8+. The van der Waals surface area contributed by atoms with Gasteiger partial charge in [0.15, 0.2) is 0 Å². The van der Waals surface area contributed by atoms with Crippen molar-refractivity contribution < 1.29 is 9.63 Å². The van der Waals surface area contributed by atoms with Crippen LogP contribution in [0.15, 0.2) is 41.0 Å². The summed E-state index contributed by atoms with van der Waals surface area (Å²) in [5.41, 5.74) is 1.06. The number of thiazole rings is 1. The van der Waals surface area contributed by atoms with Crippen molar-refractivity contribution in [3.8, 4) is 0 Å². The second kappa shape index (κ2) is 6.05. The average Bonchev–Trinajstić information content (AvgIpc) is 2.90. The van der Waals surface area contributed by atoms with Crippen molar-refractivity contribution in [2.24, 2.45) is 5.16 Å². The molecule has 0 amide bonds. The lowest BCUT2D eigenvalue weighted by atomic mass is 10.2. The van der Waals surface area contributed by atoms with Crippen molar-refractivity contribution in [2.75, 3.05) is 0 Å². The van der Waals surface area contributed by atoms with Gasteiger partial charge in [-0.2, -0.15) is 0 Å². The van der Waals surface area contributed by atoms with E-state index in [0.717, 1.165) is 8.58 Å². The van der Waals surface area contributed by atoms with Gasteiger partial charge in [0, 0.05) is 15.1 Å². The molecule has 18 heavy (non-hydrogen) atoms. The minimum absolute atomic E-state index is 0.470. The molecule has 0 radical (unpaired) electrons. The number of hydrogen-bond donors (Lipinski definition) is 0. The Morgan fingerprint density at radius 2 is 2.11 bits per heavy atom. The topological polar surface area (TPSA) is 51.5 Å². The monoisotopic (exact) mass is 372 g/mol. The van der Waals surface area contributed by atoms with Gasteiger partial charge in [-0.25, -0.2) is 9.78 Å². The maximum atomic E-state index is 11.7. The van der Waals surface area contributed by atoms with Gasteiger partial charge >= 0.3 is 5.97 Å². The summed E-state index contributed by atoms with van der Waals surface area (Å²) in [6, 6.07) is 7.10. The van der Waals surface area contributed by atoms with E-state index in [1.165, 1.54) is 11.3 Å². The van der Waals surface area contributed by atoms with E-state index in [2.05, 4.69) is 32.7 Å². The number of halogens is 1.